The first-order valence-electron chi connectivity index (χ1n) is 7.07. The third-order valence-electron chi connectivity index (χ3n) is 3.06. The summed E-state index contributed by atoms with van der Waals surface area (Å²) in [5, 5.41) is 0. The van der Waals surface area contributed by atoms with Gasteiger partial charge in [0.15, 0.2) is 0 Å². The van der Waals surface area contributed by atoms with Crippen LogP contribution in [0.2, 0.25) is 0 Å². The number of carbonyl (C=O) groups excluding carboxylic acids is 2. The highest BCUT2D eigenvalue weighted by Crippen LogP contribution is 2.16. The topological polar surface area (TPSA) is 78.4 Å². The van der Waals surface area contributed by atoms with Crippen LogP contribution in [0.1, 0.15) is 11.1 Å². The molecule has 0 saturated carbocycles. The van der Waals surface area contributed by atoms with Crippen LogP contribution in [-0.4, -0.2) is 36.1 Å². The van der Waals surface area contributed by atoms with Gasteiger partial charge < -0.3 is 9.47 Å². The van der Waals surface area contributed by atoms with Gasteiger partial charge in [-0.3, -0.25) is 9.97 Å². The first-order chi connectivity index (χ1) is 11.6. The summed E-state index contributed by atoms with van der Waals surface area (Å²) in [6.45, 7) is 0. The van der Waals surface area contributed by atoms with Gasteiger partial charge in [0.05, 0.1) is 25.6 Å². The van der Waals surface area contributed by atoms with Crippen molar-refractivity contribution in [1.29, 1.82) is 0 Å². The third kappa shape index (κ3) is 4.88. The van der Waals surface area contributed by atoms with Gasteiger partial charge in [-0.2, -0.15) is 0 Å². The lowest BCUT2D eigenvalue weighted by Crippen LogP contribution is -1.94. The fraction of sp³-hybridized carbons (Fsp3) is 0.111. The van der Waals surface area contributed by atoms with Crippen LogP contribution in [0.3, 0.4) is 0 Å². The first kappa shape index (κ1) is 17.1. The van der Waals surface area contributed by atoms with Crippen molar-refractivity contribution >= 4 is 24.1 Å². The molecule has 0 aliphatic heterocycles. The van der Waals surface area contributed by atoms with E-state index in [-0.39, 0.29) is 0 Å². The number of ether oxygens (including phenoxy) is 2. The highest BCUT2D eigenvalue weighted by atomic mass is 16.5. The molecule has 2 aromatic heterocycles. The lowest BCUT2D eigenvalue weighted by atomic mass is 10.2. The van der Waals surface area contributed by atoms with Crippen LogP contribution >= 0.6 is 0 Å². The van der Waals surface area contributed by atoms with E-state index in [1.165, 1.54) is 26.4 Å². The number of hydrogen-bond donors (Lipinski definition) is 0. The Hall–Kier alpha value is -3.28. The van der Waals surface area contributed by atoms with E-state index in [0.29, 0.717) is 11.4 Å². The number of pyridine rings is 2. The van der Waals surface area contributed by atoms with Crippen LogP contribution < -0.4 is 0 Å². The largest absolute Gasteiger partial charge is 0.466 e. The van der Waals surface area contributed by atoms with Gasteiger partial charge in [0.1, 0.15) is 0 Å². The number of esters is 2. The van der Waals surface area contributed by atoms with Crippen molar-refractivity contribution in [3.63, 3.8) is 0 Å². The van der Waals surface area contributed by atoms with Crippen LogP contribution in [0.25, 0.3) is 23.5 Å². The van der Waals surface area contributed by atoms with E-state index < -0.39 is 11.9 Å². The van der Waals surface area contributed by atoms with Crippen LogP contribution in [0.4, 0.5) is 0 Å². The molecule has 24 heavy (non-hydrogen) atoms. The van der Waals surface area contributed by atoms with Crippen molar-refractivity contribution in [2.75, 3.05) is 14.2 Å². The predicted molar refractivity (Wildman–Crippen MR) is 89.6 cm³/mol. The summed E-state index contributed by atoms with van der Waals surface area (Å²) < 4.78 is 9.05. The fourth-order valence-corrected chi connectivity index (χ4v) is 1.78. The number of carbonyl (C=O) groups is 2. The molecule has 0 aliphatic rings. The lowest BCUT2D eigenvalue weighted by Gasteiger charge is -2.01. The summed E-state index contributed by atoms with van der Waals surface area (Å²) in [7, 11) is 2.65. The summed E-state index contributed by atoms with van der Waals surface area (Å²) in [6.07, 6.45) is 9.19. The highest BCUT2D eigenvalue weighted by molar-refractivity contribution is 5.87. The Morgan fingerprint density at radius 1 is 0.792 bits per heavy atom. The minimum Gasteiger partial charge on any atom is -0.466 e. The molecule has 0 unspecified atom stereocenters. The van der Waals surface area contributed by atoms with Crippen molar-refractivity contribution in [3.8, 4) is 11.4 Å². The molecule has 6 nitrogen and oxygen atoms in total. The first-order valence-corrected chi connectivity index (χ1v) is 7.07. The molecule has 0 radical (unpaired) electrons. The zero-order valence-corrected chi connectivity index (χ0v) is 13.3. The second-order valence-electron chi connectivity index (χ2n) is 4.67. The summed E-state index contributed by atoms with van der Waals surface area (Å²) in [5.41, 5.74) is 2.96. The van der Waals surface area contributed by atoms with Gasteiger partial charge in [-0.1, -0.05) is 12.1 Å². The maximum atomic E-state index is 11.0. The van der Waals surface area contributed by atoms with Gasteiger partial charge in [0.25, 0.3) is 0 Å². The number of nitrogens with zero attached hydrogens (tertiary/aromatic N) is 2. The van der Waals surface area contributed by atoms with Crippen LogP contribution in [0.5, 0.6) is 0 Å². The van der Waals surface area contributed by atoms with Crippen molar-refractivity contribution in [3.05, 3.63) is 59.9 Å². The molecule has 0 spiro atoms. The van der Waals surface area contributed by atoms with E-state index >= 15 is 0 Å². The molecule has 0 N–H and O–H groups in total. The van der Waals surface area contributed by atoms with E-state index in [1.807, 2.05) is 24.3 Å². The Balaban J connectivity index is 2.09. The molecule has 0 bridgehead atoms. The third-order valence-corrected chi connectivity index (χ3v) is 3.06. The smallest absolute Gasteiger partial charge is 0.330 e. The van der Waals surface area contributed by atoms with Gasteiger partial charge in [-0.05, 0) is 35.4 Å². The Labute approximate surface area is 139 Å². The SMILES string of the molecule is COC(=O)C=Cc1ccc(-c2ccc(C=CC(=O)OC)cn2)nc1. The van der Waals surface area contributed by atoms with Gasteiger partial charge in [0.2, 0.25) is 0 Å². The molecule has 122 valence electrons. The Kier molecular flexibility index (Phi) is 5.96. The van der Waals surface area contributed by atoms with Crippen LogP contribution in [0, 0.1) is 0 Å². The quantitative estimate of drug-likeness (QED) is 0.621. The second kappa shape index (κ2) is 8.38. The van der Waals surface area contributed by atoms with Crippen molar-refractivity contribution in [1.82, 2.24) is 9.97 Å². The van der Waals surface area contributed by atoms with E-state index in [0.717, 1.165) is 11.1 Å². The summed E-state index contributed by atoms with van der Waals surface area (Å²) >= 11 is 0. The van der Waals surface area contributed by atoms with Gasteiger partial charge in [-0.15, -0.1) is 0 Å². The van der Waals surface area contributed by atoms with E-state index in [1.54, 1.807) is 24.5 Å². The molecule has 0 fully saturated rings. The van der Waals surface area contributed by atoms with E-state index in [4.69, 9.17) is 0 Å². The Bertz CT molecular complexity index is 695. The van der Waals surface area contributed by atoms with Crippen LogP contribution in [-0.2, 0) is 19.1 Å². The number of methoxy groups -OCH3 is 2. The fourth-order valence-electron chi connectivity index (χ4n) is 1.78. The van der Waals surface area contributed by atoms with E-state index in [9.17, 15) is 9.59 Å². The second-order valence-corrected chi connectivity index (χ2v) is 4.67. The molecule has 0 aromatic carbocycles. The lowest BCUT2D eigenvalue weighted by molar-refractivity contribution is -0.135. The van der Waals surface area contributed by atoms with Crippen molar-refractivity contribution < 1.29 is 19.1 Å². The number of aromatic nitrogens is 2. The summed E-state index contributed by atoms with van der Waals surface area (Å²) in [6, 6.07) is 7.27. The number of hydrogen-bond acceptors (Lipinski definition) is 6. The summed E-state index contributed by atoms with van der Waals surface area (Å²) in [5.74, 6) is -0.840. The molecular weight excluding hydrogens is 308 g/mol. The number of rotatable bonds is 5. The summed E-state index contributed by atoms with van der Waals surface area (Å²) in [4.78, 5) is 30.7. The minimum atomic E-state index is -0.420. The maximum absolute atomic E-state index is 11.0. The minimum absolute atomic E-state index is 0.420. The van der Waals surface area contributed by atoms with Crippen LogP contribution in [0.15, 0.2) is 48.8 Å². The molecule has 6 heteroatoms. The molecule has 0 amide bonds. The van der Waals surface area contributed by atoms with Gasteiger partial charge >= 0.3 is 11.9 Å². The van der Waals surface area contributed by atoms with Gasteiger partial charge in [-0.25, -0.2) is 9.59 Å². The zero-order valence-electron chi connectivity index (χ0n) is 13.3. The zero-order chi connectivity index (χ0) is 17.4. The predicted octanol–water partition coefficient (Wildman–Crippen LogP) is 2.52. The molecule has 0 aliphatic carbocycles. The molecule has 2 heterocycles. The standard InChI is InChI=1S/C18H16N2O4/c1-23-17(21)9-5-13-3-7-15(19-11-13)16-8-4-14(12-20-16)6-10-18(22)24-2/h3-12H,1-2H3. The van der Waals surface area contributed by atoms with Crippen molar-refractivity contribution in [2.24, 2.45) is 0 Å². The Morgan fingerprint density at radius 3 is 1.50 bits per heavy atom. The monoisotopic (exact) mass is 324 g/mol. The molecular formula is C18H16N2O4. The molecule has 0 saturated heterocycles. The van der Waals surface area contributed by atoms with E-state index in [2.05, 4.69) is 19.4 Å². The maximum Gasteiger partial charge on any atom is 0.330 e. The molecule has 2 rings (SSSR count). The normalized spacial score (nSPS) is 10.9. The van der Waals surface area contributed by atoms with Gasteiger partial charge in [0, 0.05) is 24.5 Å². The average Bonchev–Trinajstić information content (AvgIpc) is 2.65. The average molecular weight is 324 g/mol. The Morgan fingerprint density at radius 2 is 1.21 bits per heavy atom. The van der Waals surface area contributed by atoms with Crippen molar-refractivity contribution in [2.45, 2.75) is 0 Å². The highest BCUT2D eigenvalue weighted by Gasteiger charge is 2.01. The molecule has 2 aromatic rings. The molecule has 0 atom stereocenters.